The number of aryl methyl sites for hydroxylation is 2. The van der Waals surface area contributed by atoms with E-state index < -0.39 is 0 Å². The number of carbonyl (C=O) groups excluding carboxylic acids is 1. The molecule has 0 atom stereocenters. The summed E-state index contributed by atoms with van der Waals surface area (Å²) in [6, 6.07) is 3.53. The maximum Gasteiger partial charge on any atom is 0.185 e. The van der Waals surface area contributed by atoms with E-state index in [2.05, 4.69) is 20.1 Å². The third-order valence-electron chi connectivity index (χ3n) is 6.41. The van der Waals surface area contributed by atoms with E-state index in [1.54, 1.807) is 18.2 Å². The Labute approximate surface area is 177 Å². The van der Waals surface area contributed by atoms with Crippen LogP contribution in [0.25, 0.3) is 6.08 Å². The van der Waals surface area contributed by atoms with Crippen LogP contribution in [-0.2, 0) is 12.8 Å². The van der Waals surface area contributed by atoms with Gasteiger partial charge in [0.05, 0.1) is 4.21 Å². The minimum Gasteiger partial charge on any atom is -0.507 e. The van der Waals surface area contributed by atoms with E-state index in [9.17, 15) is 9.90 Å². The molecule has 2 aromatic rings. The van der Waals surface area contributed by atoms with E-state index in [0.717, 1.165) is 17.5 Å². The fourth-order valence-corrected chi connectivity index (χ4v) is 6.35. The summed E-state index contributed by atoms with van der Waals surface area (Å²) in [5, 5.41) is 9.94. The van der Waals surface area contributed by atoms with E-state index in [-0.39, 0.29) is 11.5 Å². The SMILES string of the molecule is CCC1(CC)CCc2c(C=CC(=O)c3cc(C)c(O)c(C)c3)sc(SC)c2C1. The Balaban J connectivity index is 1.90. The highest BCUT2D eigenvalue weighted by molar-refractivity contribution is 8.00. The van der Waals surface area contributed by atoms with Gasteiger partial charge in [-0.05, 0) is 91.3 Å². The van der Waals surface area contributed by atoms with Crippen LogP contribution in [0.2, 0.25) is 0 Å². The number of allylic oxidation sites excluding steroid dienone is 1. The number of ketones is 1. The van der Waals surface area contributed by atoms with Crippen LogP contribution in [0.3, 0.4) is 0 Å². The molecule has 4 heteroatoms. The van der Waals surface area contributed by atoms with Gasteiger partial charge in [0, 0.05) is 10.4 Å². The predicted octanol–water partition coefficient (Wildman–Crippen LogP) is 6.98. The molecule has 0 spiro atoms. The third kappa shape index (κ3) is 3.95. The van der Waals surface area contributed by atoms with Crippen LogP contribution >= 0.6 is 23.1 Å². The summed E-state index contributed by atoms with van der Waals surface area (Å²) in [5.41, 5.74) is 5.53. The summed E-state index contributed by atoms with van der Waals surface area (Å²) in [7, 11) is 0. The first-order valence-electron chi connectivity index (χ1n) is 10.0. The Bertz CT molecular complexity index is 894. The van der Waals surface area contributed by atoms with Crippen LogP contribution in [0.5, 0.6) is 5.75 Å². The molecule has 28 heavy (non-hydrogen) atoms. The van der Waals surface area contributed by atoms with E-state index in [1.165, 1.54) is 45.9 Å². The van der Waals surface area contributed by atoms with E-state index in [0.29, 0.717) is 11.0 Å². The summed E-state index contributed by atoms with van der Waals surface area (Å²) in [6.45, 7) is 8.30. The van der Waals surface area contributed by atoms with Gasteiger partial charge in [-0.3, -0.25) is 4.79 Å². The smallest absolute Gasteiger partial charge is 0.185 e. The lowest BCUT2D eigenvalue weighted by atomic mass is 9.69. The first-order valence-corrected chi connectivity index (χ1v) is 12.1. The minimum atomic E-state index is -0.00803. The number of thioether (sulfide) groups is 1. The molecule has 0 saturated heterocycles. The Morgan fingerprint density at radius 3 is 2.43 bits per heavy atom. The van der Waals surface area contributed by atoms with Gasteiger partial charge in [0.2, 0.25) is 0 Å². The highest BCUT2D eigenvalue weighted by Gasteiger charge is 2.34. The average molecular weight is 415 g/mol. The van der Waals surface area contributed by atoms with E-state index >= 15 is 0 Å². The van der Waals surface area contributed by atoms with Gasteiger partial charge in [0.25, 0.3) is 0 Å². The van der Waals surface area contributed by atoms with Crippen LogP contribution in [0.15, 0.2) is 22.4 Å². The van der Waals surface area contributed by atoms with Crippen LogP contribution < -0.4 is 0 Å². The van der Waals surface area contributed by atoms with E-state index in [1.807, 2.05) is 43.0 Å². The van der Waals surface area contributed by atoms with Crippen molar-refractivity contribution in [2.45, 2.75) is 64.0 Å². The normalized spacial score (nSPS) is 15.8. The van der Waals surface area contributed by atoms with Crippen molar-refractivity contribution in [1.82, 2.24) is 0 Å². The molecule has 1 aromatic carbocycles. The van der Waals surface area contributed by atoms with Crippen molar-refractivity contribution in [2.24, 2.45) is 5.41 Å². The summed E-state index contributed by atoms with van der Waals surface area (Å²) in [5.74, 6) is 0.263. The van der Waals surface area contributed by atoms with Gasteiger partial charge in [0.15, 0.2) is 5.78 Å². The monoisotopic (exact) mass is 414 g/mol. The van der Waals surface area contributed by atoms with Gasteiger partial charge in [-0.1, -0.05) is 26.7 Å². The zero-order valence-corrected chi connectivity index (χ0v) is 19.1. The Morgan fingerprint density at radius 1 is 1.21 bits per heavy atom. The number of fused-ring (bicyclic) bond motifs is 1. The molecule has 0 saturated carbocycles. The predicted molar refractivity (Wildman–Crippen MR) is 122 cm³/mol. The number of phenols is 1. The third-order valence-corrected chi connectivity index (χ3v) is 8.82. The van der Waals surface area contributed by atoms with Crippen molar-refractivity contribution in [2.75, 3.05) is 6.26 Å². The van der Waals surface area contributed by atoms with Gasteiger partial charge >= 0.3 is 0 Å². The fourth-order valence-electron chi connectivity index (χ4n) is 4.30. The standard InChI is InChI=1S/C24H30O2S2/c1-6-24(7-2)11-10-18-19(14-24)23(27-5)28-21(18)9-8-20(25)17-12-15(3)22(26)16(4)13-17/h8-9,12-13,26H,6-7,10-11,14H2,1-5H3. The number of hydrogen-bond donors (Lipinski definition) is 1. The number of thiophene rings is 1. The lowest BCUT2D eigenvalue weighted by Gasteiger charge is -2.36. The van der Waals surface area contributed by atoms with Crippen molar-refractivity contribution in [3.63, 3.8) is 0 Å². The number of hydrogen-bond acceptors (Lipinski definition) is 4. The topological polar surface area (TPSA) is 37.3 Å². The lowest BCUT2D eigenvalue weighted by molar-refractivity contribution is 0.104. The summed E-state index contributed by atoms with van der Waals surface area (Å²) < 4.78 is 1.41. The van der Waals surface area contributed by atoms with Gasteiger partial charge in [-0.2, -0.15) is 0 Å². The molecule has 2 nitrogen and oxygen atoms in total. The summed E-state index contributed by atoms with van der Waals surface area (Å²) in [4.78, 5) is 13.9. The van der Waals surface area contributed by atoms with Crippen LogP contribution in [-0.4, -0.2) is 17.1 Å². The van der Waals surface area contributed by atoms with Gasteiger partial charge in [-0.25, -0.2) is 0 Å². The molecule has 1 N–H and O–H groups in total. The first kappa shape index (κ1) is 21.2. The van der Waals surface area contributed by atoms with Crippen molar-refractivity contribution >= 4 is 35.0 Å². The molecule has 0 unspecified atom stereocenters. The molecule has 0 amide bonds. The maximum atomic E-state index is 12.7. The van der Waals surface area contributed by atoms with Crippen LogP contribution in [0, 0.1) is 19.3 Å². The van der Waals surface area contributed by atoms with Crippen molar-refractivity contribution < 1.29 is 9.90 Å². The van der Waals surface area contributed by atoms with Crippen LogP contribution in [0.1, 0.15) is 70.6 Å². The molecule has 1 aromatic heterocycles. The van der Waals surface area contributed by atoms with Crippen molar-refractivity contribution in [3.05, 3.63) is 50.9 Å². The number of aromatic hydroxyl groups is 1. The Hall–Kier alpha value is -1.52. The molecule has 1 aliphatic carbocycles. The van der Waals surface area contributed by atoms with Crippen molar-refractivity contribution in [1.29, 1.82) is 0 Å². The molecule has 0 fully saturated rings. The first-order chi connectivity index (χ1) is 13.3. The molecule has 0 radical (unpaired) electrons. The number of benzene rings is 1. The molecule has 150 valence electrons. The largest absolute Gasteiger partial charge is 0.507 e. The molecule has 0 bridgehead atoms. The molecule has 0 aliphatic heterocycles. The van der Waals surface area contributed by atoms with Gasteiger partial charge < -0.3 is 5.11 Å². The second-order valence-corrected chi connectivity index (χ2v) is 10.1. The summed E-state index contributed by atoms with van der Waals surface area (Å²) >= 11 is 3.66. The second-order valence-electron chi connectivity index (χ2n) is 7.96. The highest BCUT2D eigenvalue weighted by Crippen LogP contribution is 2.48. The molecule has 1 heterocycles. The molecular formula is C24H30O2S2. The number of rotatable bonds is 6. The van der Waals surface area contributed by atoms with Crippen molar-refractivity contribution in [3.8, 4) is 5.75 Å². The molecular weight excluding hydrogens is 384 g/mol. The average Bonchev–Trinajstić information content (AvgIpc) is 3.06. The second kappa shape index (κ2) is 8.46. The quantitative estimate of drug-likeness (QED) is 0.315. The van der Waals surface area contributed by atoms with Crippen LogP contribution in [0.4, 0.5) is 0 Å². The Morgan fingerprint density at radius 2 is 1.86 bits per heavy atom. The Kier molecular flexibility index (Phi) is 6.41. The van der Waals surface area contributed by atoms with Gasteiger partial charge in [0.1, 0.15) is 5.75 Å². The summed E-state index contributed by atoms with van der Waals surface area (Å²) in [6.07, 6.45) is 11.8. The maximum absolute atomic E-state index is 12.7. The number of carbonyl (C=O) groups is 1. The molecule has 3 rings (SSSR count). The molecule has 1 aliphatic rings. The van der Waals surface area contributed by atoms with E-state index in [4.69, 9.17) is 0 Å². The zero-order valence-electron chi connectivity index (χ0n) is 17.5. The zero-order chi connectivity index (χ0) is 20.5. The minimum absolute atomic E-state index is 0.00803. The van der Waals surface area contributed by atoms with Gasteiger partial charge in [-0.15, -0.1) is 23.1 Å². The lowest BCUT2D eigenvalue weighted by Crippen LogP contribution is -2.27. The highest BCUT2D eigenvalue weighted by atomic mass is 32.2. The number of phenolic OH excluding ortho intramolecular Hbond substituents is 1. The fraction of sp³-hybridized carbons (Fsp3) is 0.458.